The van der Waals surface area contributed by atoms with E-state index in [1.54, 1.807) is 5.32 Å². The van der Waals surface area contributed by atoms with Crippen molar-refractivity contribution in [3.05, 3.63) is 0 Å². The Kier molecular flexibility index (Phi) is 2.68. The number of hydrogen-bond acceptors (Lipinski definition) is 2. The number of carbonyl (C=O) groups is 2. The molecule has 0 saturated carbocycles. The lowest BCUT2D eigenvalue weighted by Gasteiger charge is -2.28. The fourth-order valence-electron chi connectivity index (χ4n) is 1.31. The van der Waals surface area contributed by atoms with E-state index in [-0.39, 0.29) is 6.42 Å². The molecule has 0 spiro atoms. The van der Waals surface area contributed by atoms with Gasteiger partial charge in [-0.3, -0.25) is 9.59 Å². The molecule has 2 N–H and O–H groups in total. The van der Waals surface area contributed by atoms with E-state index in [1.165, 1.54) is 0 Å². The van der Waals surface area contributed by atoms with Gasteiger partial charge in [-0.25, -0.2) is 0 Å². The highest BCUT2D eigenvalue weighted by Crippen LogP contribution is 2.29. The summed E-state index contributed by atoms with van der Waals surface area (Å²) in [7, 11) is 0. The molecule has 4 nitrogen and oxygen atoms in total. The Morgan fingerprint density at radius 1 is 1.50 bits per heavy atom. The van der Waals surface area contributed by atoms with Crippen LogP contribution in [0.5, 0.6) is 0 Å². The van der Waals surface area contributed by atoms with Gasteiger partial charge in [-0.05, 0) is 6.42 Å². The van der Waals surface area contributed by atoms with Gasteiger partial charge in [-0.2, -0.15) is 13.2 Å². The van der Waals surface area contributed by atoms with Crippen LogP contribution in [0.15, 0.2) is 0 Å². The summed E-state index contributed by atoms with van der Waals surface area (Å²) in [5.74, 6) is -3.48. The minimum atomic E-state index is -4.58. The summed E-state index contributed by atoms with van der Waals surface area (Å²) in [5.41, 5.74) is 0. The van der Waals surface area contributed by atoms with E-state index in [4.69, 9.17) is 5.11 Å². The molecule has 2 atom stereocenters. The van der Waals surface area contributed by atoms with Crippen LogP contribution in [0.2, 0.25) is 0 Å². The van der Waals surface area contributed by atoms with Crippen molar-refractivity contribution in [2.24, 2.45) is 5.92 Å². The first kappa shape index (κ1) is 10.8. The largest absolute Gasteiger partial charge is 0.481 e. The smallest absolute Gasteiger partial charge is 0.408 e. The number of alkyl halides is 3. The topological polar surface area (TPSA) is 66.4 Å². The normalized spacial score (nSPS) is 28.4. The third-order valence-corrected chi connectivity index (χ3v) is 2.03. The van der Waals surface area contributed by atoms with E-state index in [2.05, 4.69) is 0 Å². The number of halogens is 3. The number of carboxylic acids is 1. The van der Waals surface area contributed by atoms with Crippen LogP contribution in [-0.4, -0.2) is 29.2 Å². The molecule has 1 amide bonds. The van der Waals surface area contributed by atoms with Crippen LogP contribution in [0.25, 0.3) is 0 Å². The van der Waals surface area contributed by atoms with E-state index in [1.807, 2.05) is 0 Å². The summed E-state index contributed by atoms with van der Waals surface area (Å²) in [6.07, 6.45) is -5.56. The van der Waals surface area contributed by atoms with Gasteiger partial charge in [0.15, 0.2) is 0 Å². The molecule has 1 aliphatic rings. The summed E-state index contributed by atoms with van der Waals surface area (Å²) in [5, 5.41) is 10.2. The van der Waals surface area contributed by atoms with Crippen molar-refractivity contribution in [2.45, 2.75) is 25.1 Å². The van der Waals surface area contributed by atoms with Gasteiger partial charge in [0.05, 0.1) is 5.92 Å². The number of rotatable bonds is 1. The Bertz CT molecular complexity index is 263. The fraction of sp³-hybridized carbons (Fsp3) is 0.714. The predicted octanol–water partition coefficient (Wildman–Crippen LogP) is 0.528. The lowest BCUT2D eigenvalue weighted by atomic mass is 9.92. The van der Waals surface area contributed by atoms with Crippen molar-refractivity contribution in [1.29, 1.82) is 0 Å². The molecule has 1 fully saturated rings. The highest BCUT2D eigenvalue weighted by Gasteiger charge is 2.46. The first-order valence-electron chi connectivity index (χ1n) is 3.89. The molecule has 0 bridgehead atoms. The quantitative estimate of drug-likeness (QED) is 0.664. The molecule has 1 aliphatic heterocycles. The number of piperidine rings is 1. The summed E-state index contributed by atoms with van der Waals surface area (Å²) >= 11 is 0. The first-order chi connectivity index (χ1) is 6.30. The molecule has 2 unspecified atom stereocenters. The molecule has 0 aliphatic carbocycles. The molecule has 1 heterocycles. The second-order valence-corrected chi connectivity index (χ2v) is 3.14. The molecule has 0 aromatic carbocycles. The Labute approximate surface area is 77.1 Å². The van der Waals surface area contributed by atoms with Crippen LogP contribution < -0.4 is 5.32 Å². The van der Waals surface area contributed by atoms with E-state index >= 15 is 0 Å². The van der Waals surface area contributed by atoms with Gasteiger partial charge in [0, 0.05) is 6.42 Å². The zero-order chi connectivity index (χ0) is 10.9. The number of amides is 1. The van der Waals surface area contributed by atoms with Gasteiger partial charge < -0.3 is 10.4 Å². The maximum absolute atomic E-state index is 12.1. The lowest BCUT2D eigenvalue weighted by Crippen LogP contribution is -2.51. The minimum Gasteiger partial charge on any atom is -0.481 e. The molecule has 1 saturated heterocycles. The van der Waals surface area contributed by atoms with Crippen LogP contribution in [0.3, 0.4) is 0 Å². The van der Waals surface area contributed by atoms with Crippen LogP contribution >= 0.6 is 0 Å². The van der Waals surface area contributed by atoms with Gasteiger partial charge in [0.2, 0.25) is 5.91 Å². The molecule has 7 heteroatoms. The predicted molar refractivity (Wildman–Crippen MR) is 38.3 cm³/mol. The third kappa shape index (κ3) is 2.36. The van der Waals surface area contributed by atoms with Crippen molar-refractivity contribution in [3.63, 3.8) is 0 Å². The number of aliphatic carboxylic acids is 1. The molecule has 80 valence electrons. The van der Waals surface area contributed by atoms with Gasteiger partial charge in [0.25, 0.3) is 0 Å². The second-order valence-electron chi connectivity index (χ2n) is 3.14. The van der Waals surface area contributed by atoms with Crippen molar-refractivity contribution in [1.82, 2.24) is 5.32 Å². The Morgan fingerprint density at radius 3 is 2.50 bits per heavy atom. The summed E-state index contributed by atoms with van der Waals surface area (Å²) < 4.78 is 36.4. The second kappa shape index (κ2) is 3.47. The first-order valence-corrected chi connectivity index (χ1v) is 3.89. The van der Waals surface area contributed by atoms with Crippen molar-refractivity contribution in [2.75, 3.05) is 0 Å². The van der Waals surface area contributed by atoms with Crippen LogP contribution in [0.1, 0.15) is 12.8 Å². The molecule has 0 radical (unpaired) electrons. The monoisotopic (exact) mass is 211 g/mol. The van der Waals surface area contributed by atoms with Crippen molar-refractivity contribution in [3.8, 4) is 0 Å². The van der Waals surface area contributed by atoms with E-state index in [9.17, 15) is 22.8 Å². The number of carbonyl (C=O) groups excluding carboxylic acids is 1. The van der Waals surface area contributed by atoms with E-state index < -0.39 is 36.4 Å². The number of carboxylic acid groups (broad SMARTS) is 1. The van der Waals surface area contributed by atoms with Crippen LogP contribution in [-0.2, 0) is 9.59 Å². The average Bonchev–Trinajstić information content (AvgIpc) is 2.01. The zero-order valence-corrected chi connectivity index (χ0v) is 6.97. The highest BCUT2D eigenvalue weighted by molar-refractivity contribution is 5.83. The average molecular weight is 211 g/mol. The van der Waals surface area contributed by atoms with E-state index in [0.29, 0.717) is 0 Å². The fourth-order valence-corrected chi connectivity index (χ4v) is 1.31. The molecule has 0 aromatic rings. The molecular weight excluding hydrogens is 203 g/mol. The SMILES string of the molecule is O=C1CC(C(=O)O)CC(C(F)(F)F)N1. The lowest BCUT2D eigenvalue weighted by molar-refractivity contribution is -0.174. The third-order valence-electron chi connectivity index (χ3n) is 2.03. The summed E-state index contributed by atoms with van der Waals surface area (Å²) in [6.45, 7) is 0. The Morgan fingerprint density at radius 2 is 2.07 bits per heavy atom. The zero-order valence-electron chi connectivity index (χ0n) is 6.97. The molecule has 0 aromatic heterocycles. The van der Waals surface area contributed by atoms with Crippen LogP contribution in [0, 0.1) is 5.92 Å². The maximum Gasteiger partial charge on any atom is 0.408 e. The Hall–Kier alpha value is -1.27. The van der Waals surface area contributed by atoms with Gasteiger partial charge in [-0.15, -0.1) is 0 Å². The molecular formula is C7H8F3NO3. The molecule has 1 rings (SSSR count). The van der Waals surface area contributed by atoms with Crippen LogP contribution in [0.4, 0.5) is 13.2 Å². The highest BCUT2D eigenvalue weighted by atomic mass is 19.4. The summed E-state index contributed by atoms with van der Waals surface area (Å²) in [6, 6.07) is -2.04. The minimum absolute atomic E-state index is 0.387. The standard InChI is InChI=1S/C7H8F3NO3/c8-7(9,10)4-1-3(6(13)14)2-5(12)11-4/h3-4H,1-2H2,(H,11,12)(H,13,14). The van der Waals surface area contributed by atoms with E-state index in [0.717, 1.165) is 0 Å². The summed E-state index contributed by atoms with van der Waals surface area (Å²) in [4.78, 5) is 21.2. The van der Waals surface area contributed by atoms with Gasteiger partial charge >= 0.3 is 12.1 Å². The van der Waals surface area contributed by atoms with Crippen molar-refractivity contribution < 1.29 is 27.9 Å². The van der Waals surface area contributed by atoms with Gasteiger partial charge in [0.1, 0.15) is 6.04 Å². The maximum atomic E-state index is 12.1. The molecule has 14 heavy (non-hydrogen) atoms. The Balaban J connectivity index is 2.73. The number of hydrogen-bond donors (Lipinski definition) is 2. The van der Waals surface area contributed by atoms with Crippen molar-refractivity contribution >= 4 is 11.9 Å². The van der Waals surface area contributed by atoms with Gasteiger partial charge in [-0.1, -0.05) is 0 Å². The number of nitrogens with one attached hydrogen (secondary N) is 1.